The first kappa shape index (κ1) is 12.4. The van der Waals surface area contributed by atoms with Gasteiger partial charge in [0.15, 0.2) is 0 Å². The van der Waals surface area contributed by atoms with Crippen molar-refractivity contribution in [2.45, 2.75) is 6.54 Å². The maximum Gasteiger partial charge on any atom is 0.253 e. The molecule has 1 amide bonds. The number of amides is 1. The minimum atomic E-state index is -0.262. The number of nitrogens with one attached hydrogen (secondary N) is 1. The summed E-state index contributed by atoms with van der Waals surface area (Å²) in [6, 6.07) is 8.17. The number of halogens is 1. The van der Waals surface area contributed by atoms with Crippen LogP contribution in [0.4, 0.5) is 0 Å². The van der Waals surface area contributed by atoms with Gasteiger partial charge in [0.1, 0.15) is 5.75 Å². The number of nitrogens with zero attached hydrogens (tertiary/aromatic N) is 1. The highest BCUT2D eigenvalue weighted by Crippen LogP contribution is 2.24. The van der Waals surface area contributed by atoms with Gasteiger partial charge in [-0.2, -0.15) is 0 Å². The number of pyridine rings is 1. The van der Waals surface area contributed by atoms with Crippen LogP contribution in [0.1, 0.15) is 15.9 Å². The van der Waals surface area contributed by atoms with Gasteiger partial charge in [-0.05, 0) is 24.3 Å². The Labute approximate surface area is 109 Å². The number of hydrogen-bond acceptors (Lipinski definition) is 3. The van der Waals surface area contributed by atoms with Gasteiger partial charge < -0.3 is 10.4 Å². The normalized spacial score (nSPS) is 10.1. The predicted octanol–water partition coefficient (Wildman–Crippen LogP) is 2.37. The summed E-state index contributed by atoms with van der Waals surface area (Å²) in [5.74, 6) is -0.198. The van der Waals surface area contributed by atoms with E-state index in [0.717, 1.165) is 0 Å². The molecule has 4 nitrogen and oxygen atoms in total. The molecule has 0 aliphatic rings. The van der Waals surface area contributed by atoms with Crippen LogP contribution in [0.25, 0.3) is 0 Å². The SMILES string of the molecule is O=C(NCc1c(O)cccc1Cl)c1cccnc1. The van der Waals surface area contributed by atoms with E-state index in [-0.39, 0.29) is 18.2 Å². The van der Waals surface area contributed by atoms with Gasteiger partial charge in [-0.1, -0.05) is 17.7 Å². The van der Waals surface area contributed by atoms with Gasteiger partial charge in [-0.15, -0.1) is 0 Å². The molecule has 0 bridgehead atoms. The Morgan fingerprint density at radius 3 is 2.83 bits per heavy atom. The summed E-state index contributed by atoms with van der Waals surface area (Å²) >= 11 is 5.94. The van der Waals surface area contributed by atoms with Gasteiger partial charge in [0.05, 0.1) is 5.56 Å². The third kappa shape index (κ3) is 2.78. The summed E-state index contributed by atoms with van der Waals surface area (Å²) in [5, 5.41) is 12.7. The van der Waals surface area contributed by atoms with Crippen molar-refractivity contribution in [3.05, 3.63) is 58.9 Å². The average molecular weight is 263 g/mol. The van der Waals surface area contributed by atoms with E-state index in [1.54, 1.807) is 30.5 Å². The van der Waals surface area contributed by atoms with E-state index in [0.29, 0.717) is 16.1 Å². The highest BCUT2D eigenvalue weighted by molar-refractivity contribution is 6.31. The van der Waals surface area contributed by atoms with E-state index >= 15 is 0 Å². The molecule has 92 valence electrons. The van der Waals surface area contributed by atoms with Gasteiger partial charge in [-0.3, -0.25) is 9.78 Å². The zero-order valence-electron chi connectivity index (χ0n) is 9.43. The standard InChI is InChI=1S/C13H11ClN2O2/c14-11-4-1-5-12(17)10(11)8-16-13(18)9-3-2-6-15-7-9/h1-7,17H,8H2,(H,16,18). The van der Waals surface area contributed by atoms with Gasteiger partial charge in [0.25, 0.3) is 5.91 Å². The molecule has 0 saturated carbocycles. The number of phenolic OH excluding ortho intramolecular Hbond substituents is 1. The fourth-order valence-corrected chi connectivity index (χ4v) is 1.73. The van der Waals surface area contributed by atoms with Gasteiger partial charge in [0.2, 0.25) is 0 Å². The lowest BCUT2D eigenvalue weighted by molar-refractivity contribution is 0.0950. The van der Waals surface area contributed by atoms with Crippen LogP contribution in [0.3, 0.4) is 0 Å². The predicted molar refractivity (Wildman–Crippen MR) is 68.5 cm³/mol. The number of aromatic nitrogens is 1. The van der Waals surface area contributed by atoms with E-state index in [2.05, 4.69) is 10.3 Å². The third-order valence-electron chi connectivity index (χ3n) is 2.44. The summed E-state index contributed by atoms with van der Waals surface area (Å²) in [6.07, 6.45) is 3.07. The first-order valence-electron chi connectivity index (χ1n) is 5.33. The molecule has 1 aromatic carbocycles. The highest BCUT2D eigenvalue weighted by atomic mass is 35.5. The molecular formula is C13H11ClN2O2. The van der Waals surface area contributed by atoms with E-state index in [9.17, 15) is 9.90 Å². The number of carbonyl (C=O) groups is 1. The molecule has 0 radical (unpaired) electrons. The van der Waals surface area contributed by atoms with E-state index in [4.69, 9.17) is 11.6 Å². The Bertz CT molecular complexity index is 538. The maximum atomic E-state index is 11.8. The van der Waals surface area contributed by atoms with Crippen LogP contribution >= 0.6 is 11.6 Å². The highest BCUT2D eigenvalue weighted by Gasteiger charge is 2.09. The molecule has 2 rings (SSSR count). The zero-order valence-corrected chi connectivity index (χ0v) is 10.2. The number of carbonyl (C=O) groups excluding carboxylic acids is 1. The van der Waals surface area contributed by atoms with Crippen LogP contribution in [0.2, 0.25) is 5.02 Å². The van der Waals surface area contributed by atoms with Crippen molar-refractivity contribution >= 4 is 17.5 Å². The summed E-state index contributed by atoms with van der Waals surface area (Å²) in [6.45, 7) is 0.166. The Morgan fingerprint density at radius 1 is 1.33 bits per heavy atom. The monoisotopic (exact) mass is 262 g/mol. The molecule has 0 atom stereocenters. The van der Waals surface area contributed by atoms with Crippen LogP contribution in [-0.2, 0) is 6.54 Å². The second kappa shape index (κ2) is 5.51. The average Bonchev–Trinajstić information content (AvgIpc) is 2.39. The molecule has 5 heteroatoms. The number of phenols is 1. The second-order valence-electron chi connectivity index (χ2n) is 3.66. The molecule has 1 aromatic heterocycles. The molecule has 0 spiro atoms. The lowest BCUT2D eigenvalue weighted by Gasteiger charge is -2.08. The van der Waals surface area contributed by atoms with Crippen LogP contribution in [0, 0.1) is 0 Å². The van der Waals surface area contributed by atoms with Crippen LogP contribution in [-0.4, -0.2) is 16.0 Å². The third-order valence-corrected chi connectivity index (χ3v) is 2.80. The number of rotatable bonds is 3. The zero-order chi connectivity index (χ0) is 13.0. The first-order chi connectivity index (χ1) is 8.68. The first-order valence-corrected chi connectivity index (χ1v) is 5.71. The quantitative estimate of drug-likeness (QED) is 0.893. The summed E-state index contributed by atoms with van der Waals surface area (Å²) < 4.78 is 0. The summed E-state index contributed by atoms with van der Waals surface area (Å²) in [5.41, 5.74) is 0.959. The topological polar surface area (TPSA) is 62.2 Å². The van der Waals surface area contributed by atoms with Gasteiger partial charge >= 0.3 is 0 Å². The smallest absolute Gasteiger partial charge is 0.253 e. The lowest BCUT2D eigenvalue weighted by Crippen LogP contribution is -2.23. The van der Waals surface area contributed by atoms with Crippen molar-refractivity contribution < 1.29 is 9.90 Å². The van der Waals surface area contributed by atoms with Crippen LogP contribution in [0.5, 0.6) is 5.75 Å². The molecule has 1 heterocycles. The van der Waals surface area contributed by atoms with Crippen molar-refractivity contribution in [2.75, 3.05) is 0 Å². The molecular weight excluding hydrogens is 252 g/mol. The Kier molecular flexibility index (Phi) is 3.79. The lowest BCUT2D eigenvalue weighted by atomic mass is 10.2. The van der Waals surface area contributed by atoms with Gasteiger partial charge in [0, 0.05) is 29.5 Å². The van der Waals surface area contributed by atoms with Gasteiger partial charge in [-0.25, -0.2) is 0 Å². The Balaban J connectivity index is 2.07. The Hall–Kier alpha value is -2.07. The second-order valence-corrected chi connectivity index (χ2v) is 4.07. The summed E-state index contributed by atoms with van der Waals surface area (Å²) in [7, 11) is 0. The van der Waals surface area contributed by atoms with Crippen molar-refractivity contribution in [2.24, 2.45) is 0 Å². The van der Waals surface area contributed by atoms with Crippen LogP contribution in [0.15, 0.2) is 42.7 Å². The molecule has 0 aliphatic carbocycles. The summed E-state index contributed by atoms with van der Waals surface area (Å²) in [4.78, 5) is 15.6. The van der Waals surface area contributed by atoms with E-state index < -0.39 is 0 Å². The molecule has 2 N–H and O–H groups in total. The van der Waals surface area contributed by atoms with Crippen molar-refractivity contribution in [1.29, 1.82) is 0 Å². The van der Waals surface area contributed by atoms with E-state index in [1.807, 2.05) is 0 Å². The Morgan fingerprint density at radius 2 is 2.17 bits per heavy atom. The fraction of sp³-hybridized carbons (Fsp3) is 0.0769. The fourth-order valence-electron chi connectivity index (χ4n) is 1.49. The number of benzene rings is 1. The molecule has 0 fully saturated rings. The molecule has 2 aromatic rings. The van der Waals surface area contributed by atoms with Crippen molar-refractivity contribution in [3.63, 3.8) is 0 Å². The molecule has 0 aliphatic heterocycles. The number of aromatic hydroxyl groups is 1. The molecule has 0 unspecified atom stereocenters. The maximum absolute atomic E-state index is 11.8. The van der Waals surface area contributed by atoms with Crippen LogP contribution < -0.4 is 5.32 Å². The molecule has 18 heavy (non-hydrogen) atoms. The van der Waals surface area contributed by atoms with E-state index in [1.165, 1.54) is 12.3 Å². The van der Waals surface area contributed by atoms with Crippen molar-refractivity contribution in [1.82, 2.24) is 10.3 Å². The van der Waals surface area contributed by atoms with Crippen molar-refractivity contribution in [3.8, 4) is 5.75 Å². The minimum Gasteiger partial charge on any atom is -0.508 e. The minimum absolute atomic E-state index is 0.0639. The number of hydrogen-bond donors (Lipinski definition) is 2. The largest absolute Gasteiger partial charge is 0.508 e. The molecule has 0 saturated heterocycles.